The largest absolute Gasteiger partial charge is 0.396 e. The zero-order chi connectivity index (χ0) is 20.6. The molecule has 0 bridgehead atoms. The van der Waals surface area contributed by atoms with Crippen LogP contribution in [-0.2, 0) is 0 Å². The SMILES string of the molecule is Cc1ccc(-c2cc(C(=O)CC(C)(C)CO)cc(-n3nnnc3C3CC3)c2)cc1. The van der Waals surface area contributed by atoms with Crippen LogP contribution in [0.2, 0.25) is 0 Å². The third-order valence-electron chi connectivity index (χ3n) is 5.37. The van der Waals surface area contributed by atoms with Gasteiger partial charge in [-0.05, 0) is 64.9 Å². The molecule has 0 aliphatic heterocycles. The highest BCUT2D eigenvalue weighted by Gasteiger charge is 2.30. The van der Waals surface area contributed by atoms with Crippen LogP contribution in [0.25, 0.3) is 16.8 Å². The van der Waals surface area contributed by atoms with Crippen LogP contribution >= 0.6 is 0 Å². The fraction of sp³-hybridized carbons (Fsp3) is 0.391. The van der Waals surface area contributed by atoms with Gasteiger partial charge in [0.1, 0.15) is 0 Å². The van der Waals surface area contributed by atoms with Crippen LogP contribution in [0.4, 0.5) is 0 Å². The van der Waals surface area contributed by atoms with Crippen LogP contribution < -0.4 is 0 Å². The van der Waals surface area contributed by atoms with Crippen LogP contribution in [0.5, 0.6) is 0 Å². The van der Waals surface area contributed by atoms with Gasteiger partial charge in [0.15, 0.2) is 11.6 Å². The summed E-state index contributed by atoms with van der Waals surface area (Å²) in [4.78, 5) is 13.0. The van der Waals surface area contributed by atoms with Gasteiger partial charge in [0.05, 0.1) is 5.69 Å². The van der Waals surface area contributed by atoms with Gasteiger partial charge in [-0.2, -0.15) is 4.68 Å². The van der Waals surface area contributed by atoms with E-state index in [1.807, 2.05) is 32.0 Å². The van der Waals surface area contributed by atoms with Gasteiger partial charge >= 0.3 is 0 Å². The average Bonchev–Trinajstić information content (AvgIpc) is 3.44. The lowest BCUT2D eigenvalue weighted by atomic mass is 9.86. The van der Waals surface area contributed by atoms with E-state index in [4.69, 9.17) is 0 Å². The van der Waals surface area contributed by atoms with E-state index in [1.54, 1.807) is 4.68 Å². The van der Waals surface area contributed by atoms with E-state index in [-0.39, 0.29) is 18.8 Å². The van der Waals surface area contributed by atoms with Crippen molar-refractivity contribution in [3.05, 3.63) is 59.4 Å². The molecule has 6 heteroatoms. The first kappa shape index (κ1) is 19.5. The average molecular weight is 390 g/mol. The van der Waals surface area contributed by atoms with Crippen LogP contribution in [0.1, 0.15) is 60.8 Å². The van der Waals surface area contributed by atoms with E-state index in [2.05, 4.69) is 46.7 Å². The van der Waals surface area contributed by atoms with E-state index >= 15 is 0 Å². The summed E-state index contributed by atoms with van der Waals surface area (Å²) in [5, 5.41) is 21.8. The number of ketones is 1. The summed E-state index contributed by atoms with van der Waals surface area (Å²) in [5.74, 6) is 1.24. The summed E-state index contributed by atoms with van der Waals surface area (Å²) >= 11 is 0. The van der Waals surface area contributed by atoms with Gasteiger partial charge in [-0.1, -0.05) is 43.7 Å². The lowest BCUT2D eigenvalue weighted by molar-refractivity contribution is 0.0858. The Balaban J connectivity index is 1.80. The molecule has 0 atom stereocenters. The maximum atomic E-state index is 13.0. The number of hydrogen-bond donors (Lipinski definition) is 1. The van der Waals surface area contributed by atoms with Crippen molar-refractivity contribution < 1.29 is 9.90 Å². The molecule has 1 aliphatic rings. The number of rotatable bonds is 7. The van der Waals surface area contributed by atoms with Crippen LogP contribution in [0.15, 0.2) is 42.5 Å². The van der Waals surface area contributed by atoms with Gasteiger partial charge in [-0.15, -0.1) is 5.10 Å². The Morgan fingerprint density at radius 3 is 2.52 bits per heavy atom. The van der Waals surface area contributed by atoms with Crippen molar-refractivity contribution in [2.24, 2.45) is 5.41 Å². The molecule has 1 aromatic heterocycles. The molecule has 1 fully saturated rings. The Bertz CT molecular complexity index is 1030. The predicted octanol–water partition coefficient (Wildman–Crippen LogP) is 4.11. The second-order valence-electron chi connectivity index (χ2n) is 8.78. The predicted molar refractivity (Wildman–Crippen MR) is 111 cm³/mol. The zero-order valence-corrected chi connectivity index (χ0v) is 17.1. The number of carbonyl (C=O) groups is 1. The molecule has 0 amide bonds. The first-order chi connectivity index (χ1) is 13.9. The van der Waals surface area contributed by atoms with Gasteiger partial charge < -0.3 is 5.11 Å². The molecule has 0 spiro atoms. The molecular weight excluding hydrogens is 364 g/mol. The lowest BCUT2D eigenvalue weighted by Gasteiger charge is -2.20. The minimum Gasteiger partial charge on any atom is -0.396 e. The Kier molecular flexibility index (Phi) is 5.04. The highest BCUT2D eigenvalue weighted by Crippen LogP contribution is 2.39. The normalized spacial score (nSPS) is 14.2. The molecule has 4 rings (SSSR count). The molecule has 0 radical (unpaired) electrons. The van der Waals surface area contributed by atoms with Crippen molar-refractivity contribution >= 4 is 5.78 Å². The fourth-order valence-electron chi connectivity index (χ4n) is 3.37. The van der Waals surface area contributed by atoms with Crippen LogP contribution in [-0.4, -0.2) is 37.7 Å². The van der Waals surface area contributed by atoms with E-state index in [0.717, 1.165) is 35.5 Å². The molecule has 3 aromatic rings. The Morgan fingerprint density at radius 1 is 1.14 bits per heavy atom. The lowest BCUT2D eigenvalue weighted by Crippen LogP contribution is -2.21. The Hall–Kier alpha value is -2.86. The van der Waals surface area contributed by atoms with Crippen molar-refractivity contribution in [1.82, 2.24) is 20.2 Å². The van der Waals surface area contributed by atoms with Crippen LogP contribution in [0, 0.1) is 12.3 Å². The first-order valence-electron chi connectivity index (χ1n) is 10.0. The molecule has 2 aromatic carbocycles. The van der Waals surface area contributed by atoms with Crippen molar-refractivity contribution in [3.8, 4) is 16.8 Å². The highest BCUT2D eigenvalue weighted by atomic mass is 16.3. The number of hydrogen-bond acceptors (Lipinski definition) is 5. The molecule has 1 saturated carbocycles. The topological polar surface area (TPSA) is 80.9 Å². The summed E-state index contributed by atoms with van der Waals surface area (Å²) in [5.41, 5.74) is 4.10. The van der Waals surface area contributed by atoms with E-state index in [9.17, 15) is 9.90 Å². The zero-order valence-electron chi connectivity index (χ0n) is 17.1. The summed E-state index contributed by atoms with van der Waals surface area (Å²) in [6.45, 7) is 5.79. The Labute approximate surface area is 170 Å². The third kappa shape index (κ3) is 4.27. The van der Waals surface area contributed by atoms with E-state index in [0.29, 0.717) is 11.5 Å². The number of benzene rings is 2. The van der Waals surface area contributed by atoms with Gasteiger partial charge in [-0.25, -0.2) is 0 Å². The Morgan fingerprint density at radius 2 is 1.86 bits per heavy atom. The maximum Gasteiger partial charge on any atom is 0.163 e. The fourth-order valence-corrected chi connectivity index (χ4v) is 3.37. The summed E-state index contributed by atoms with van der Waals surface area (Å²) in [7, 11) is 0. The quantitative estimate of drug-likeness (QED) is 0.614. The molecule has 1 heterocycles. The molecule has 150 valence electrons. The van der Waals surface area contributed by atoms with Gasteiger partial charge in [0.2, 0.25) is 0 Å². The van der Waals surface area contributed by atoms with Crippen molar-refractivity contribution in [2.45, 2.75) is 46.0 Å². The maximum absolute atomic E-state index is 13.0. The molecular formula is C23H26N4O2. The molecule has 29 heavy (non-hydrogen) atoms. The van der Waals surface area contributed by atoms with E-state index in [1.165, 1.54) is 5.56 Å². The number of aryl methyl sites for hydroxylation is 1. The van der Waals surface area contributed by atoms with Gasteiger partial charge in [0, 0.05) is 24.5 Å². The number of tetrazole rings is 1. The molecule has 6 nitrogen and oxygen atoms in total. The first-order valence-corrected chi connectivity index (χ1v) is 10.0. The van der Waals surface area contributed by atoms with Crippen molar-refractivity contribution in [2.75, 3.05) is 6.61 Å². The minimum absolute atomic E-state index is 0.000285. The molecule has 0 unspecified atom stereocenters. The number of aliphatic hydroxyl groups is 1. The number of aliphatic hydroxyl groups excluding tert-OH is 1. The van der Waals surface area contributed by atoms with Gasteiger partial charge in [-0.3, -0.25) is 4.79 Å². The number of aromatic nitrogens is 4. The summed E-state index contributed by atoms with van der Waals surface area (Å²) in [6.07, 6.45) is 2.45. The smallest absolute Gasteiger partial charge is 0.163 e. The number of carbonyl (C=O) groups excluding carboxylic acids is 1. The molecule has 1 N–H and O–H groups in total. The number of Topliss-reactive ketones (excluding diaryl/α,β-unsaturated/α-hetero) is 1. The molecule has 1 aliphatic carbocycles. The minimum atomic E-state index is -0.467. The highest BCUT2D eigenvalue weighted by molar-refractivity contribution is 5.98. The third-order valence-corrected chi connectivity index (χ3v) is 5.37. The summed E-state index contributed by atoms with van der Waals surface area (Å²) in [6, 6.07) is 14.0. The number of nitrogens with zero attached hydrogens (tertiary/aromatic N) is 4. The van der Waals surface area contributed by atoms with E-state index < -0.39 is 5.41 Å². The summed E-state index contributed by atoms with van der Waals surface area (Å²) < 4.78 is 1.75. The second kappa shape index (κ2) is 7.52. The molecule has 0 saturated heterocycles. The second-order valence-corrected chi connectivity index (χ2v) is 8.78. The van der Waals surface area contributed by atoms with Crippen LogP contribution in [0.3, 0.4) is 0 Å². The van der Waals surface area contributed by atoms with Crippen molar-refractivity contribution in [1.29, 1.82) is 0 Å². The van der Waals surface area contributed by atoms with Gasteiger partial charge in [0.25, 0.3) is 0 Å². The monoisotopic (exact) mass is 390 g/mol. The van der Waals surface area contributed by atoms with Crippen molar-refractivity contribution in [3.63, 3.8) is 0 Å². The standard InChI is InChI=1S/C23H26N4O2/c1-15-4-6-16(7-5-15)18-10-19(21(29)13-23(2,3)14-28)12-20(11-18)27-22(17-8-9-17)24-25-26-27/h4-7,10-12,17,28H,8-9,13-14H2,1-3H3.